The maximum Gasteiger partial charge on any atom is 0.0784 e. The molecule has 0 spiro atoms. The summed E-state index contributed by atoms with van der Waals surface area (Å²) in [5.74, 6) is 0. The van der Waals surface area contributed by atoms with Crippen LogP contribution in [0, 0.1) is 0 Å². The molecular weight excluding hydrogens is 372 g/mol. The van der Waals surface area contributed by atoms with E-state index in [2.05, 4.69) is 14.1 Å². The van der Waals surface area contributed by atoms with Gasteiger partial charge in [0.1, 0.15) is 0 Å². The van der Waals surface area contributed by atoms with Crippen molar-refractivity contribution in [2.24, 2.45) is 0 Å². The predicted molar refractivity (Wildman–Crippen MR) is 106 cm³/mol. The Morgan fingerprint density at radius 3 is 1.04 bits per heavy atom. The molecule has 2 aliphatic rings. The Balaban J connectivity index is 0.00000312. The Bertz CT molecular complexity index is 284. The Kier molecular flexibility index (Phi) is 11.9. The molecule has 0 aromatic heterocycles. The monoisotopic (exact) mass is 417 g/mol. The van der Waals surface area contributed by atoms with Crippen LogP contribution in [0.4, 0.5) is 0 Å². The minimum Gasteiger partial charge on any atom is -1.00 e. The minimum atomic E-state index is 0. The molecule has 2 aliphatic heterocycles. The van der Waals surface area contributed by atoms with E-state index < -0.39 is 0 Å². The van der Waals surface area contributed by atoms with Crippen molar-refractivity contribution in [3.05, 3.63) is 0 Å². The van der Waals surface area contributed by atoms with Gasteiger partial charge in [-0.15, -0.1) is 0 Å². The highest BCUT2D eigenvalue weighted by atomic mass is 79.9. The van der Waals surface area contributed by atoms with E-state index in [9.17, 15) is 0 Å². The van der Waals surface area contributed by atoms with Gasteiger partial charge in [0.2, 0.25) is 0 Å². The molecule has 0 radical (unpaired) electrons. The van der Waals surface area contributed by atoms with E-state index >= 15 is 0 Å². The molecule has 150 valence electrons. The fraction of sp³-hybridized carbons (Fsp3) is 1.00. The molecule has 0 unspecified atom stereocenters. The van der Waals surface area contributed by atoms with Crippen LogP contribution in [0.2, 0.25) is 0 Å². The van der Waals surface area contributed by atoms with Crippen LogP contribution in [-0.2, 0) is 0 Å². The van der Waals surface area contributed by atoms with Crippen LogP contribution in [0.15, 0.2) is 0 Å². The number of hydrogen-bond acceptors (Lipinski definition) is 0. The lowest BCUT2D eigenvalue weighted by molar-refractivity contribution is -0.911. The lowest BCUT2D eigenvalue weighted by Crippen LogP contribution is -3.00. The van der Waals surface area contributed by atoms with Crippen molar-refractivity contribution in [1.29, 1.82) is 0 Å². The van der Waals surface area contributed by atoms with E-state index in [0.29, 0.717) is 0 Å². The third-order valence-corrected chi connectivity index (χ3v) is 6.94. The summed E-state index contributed by atoms with van der Waals surface area (Å²) in [6, 6.07) is 0. The second kappa shape index (κ2) is 12.7. The molecule has 0 atom stereocenters. The lowest BCUT2D eigenvalue weighted by Gasteiger charge is -2.37. The van der Waals surface area contributed by atoms with E-state index in [1.54, 1.807) is 0 Å². The number of hydrogen-bond donors (Lipinski definition) is 0. The predicted octanol–water partition coefficient (Wildman–Crippen LogP) is 2.37. The zero-order valence-electron chi connectivity index (χ0n) is 17.4. The van der Waals surface area contributed by atoms with Crippen molar-refractivity contribution in [2.45, 2.75) is 89.9 Å². The molecular formula is C22H46BrN2+. The second-order valence-electron chi connectivity index (χ2n) is 9.53. The zero-order valence-corrected chi connectivity index (χ0v) is 19.0. The number of halogens is 1. The normalized spacial score (nSPS) is 24.2. The fourth-order valence-corrected chi connectivity index (χ4v) is 5.05. The van der Waals surface area contributed by atoms with Gasteiger partial charge >= 0.3 is 0 Å². The van der Waals surface area contributed by atoms with Crippen LogP contribution < -0.4 is 17.0 Å². The Labute approximate surface area is 169 Å². The van der Waals surface area contributed by atoms with Gasteiger partial charge in [-0.2, -0.15) is 0 Å². The molecule has 0 aliphatic carbocycles. The maximum atomic E-state index is 2.53. The van der Waals surface area contributed by atoms with E-state index in [1.807, 2.05) is 0 Å². The molecule has 2 fully saturated rings. The minimum absolute atomic E-state index is 0. The summed E-state index contributed by atoms with van der Waals surface area (Å²) in [6.07, 6.45) is 20.6. The first-order valence-corrected chi connectivity index (χ1v) is 11.3. The number of likely N-dealkylation sites (tertiary alicyclic amines) is 2. The lowest BCUT2D eigenvalue weighted by atomic mass is 10.0. The SMILES string of the molecule is C[N+]1(CCCCCC[N+]2(C)CCCCCCC2)CCCCCCC1.[Br-]. The molecule has 25 heavy (non-hydrogen) atoms. The Hall–Kier alpha value is 0.400. The van der Waals surface area contributed by atoms with E-state index in [4.69, 9.17) is 0 Å². The van der Waals surface area contributed by atoms with E-state index in [1.165, 1.54) is 138 Å². The van der Waals surface area contributed by atoms with Gasteiger partial charge in [-0.1, -0.05) is 12.8 Å². The number of rotatable bonds is 7. The van der Waals surface area contributed by atoms with Crippen LogP contribution >= 0.6 is 0 Å². The largest absolute Gasteiger partial charge is 1.00 e. The van der Waals surface area contributed by atoms with Gasteiger partial charge in [-0.25, -0.2) is 0 Å². The standard InChI is InChI=1S/C22H46N2.BrH/c1-23(17-11-5-3-6-12-18-23)21-15-9-10-16-22-24(2)19-13-7-4-8-14-20-24;/h3-22H2,1-2H3;1H/q+2;/p-1. The summed E-state index contributed by atoms with van der Waals surface area (Å²) >= 11 is 0. The van der Waals surface area contributed by atoms with Crippen molar-refractivity contribution in [3.8, 4) is 0 Å². The molecule has 2 heterocycles. The highest BCUT2D eigenvalue weighted by Gasteiger charge is 2.23. The molecule has 3 heteroatoms. The number of quaternary nitrogens is 2. The van der Waals surface area contributed by atoms with Gasteiger partial charge in [-0.3, -0.25) is 0 Å². The van der Waals surface area contributed by atoms with Crippen molar-refractivity contribution < 1.29 is 25.9 Å². The van der Waals surface area contributed by atoms with Crippen molar-refractivity contribution in [3.63, 3.8) is 0 Å². The average Bonchev–Trinajstić information content (AvgIpc) is 2.52. The quantitative estimate of drug-likeness (QED) is 0.440. The number of unbranched alkanes of at least 4 members (excludes halogenated alkanes) is 3. The fourth-order valence-electron chi connectivity index (χ4n) is 5.05. The molecule has 0 aromatic rings. The highest BCUT2D eigenvalue weighted by molar-refractivity contribution is 4.54. The van der Waals surface area contributed by atoms with Crippen molar-refractivity contribution in [1.82, 2.24) is 0 Å². The van der Waals surface area contributed by atoms with Crippen LogP contribution in [0.25, 0.3) is 0 Å². The molecule has 0 amide bonds. The summed E-state index contributed by atoms with van der Waals surface area (Å²) < 4.78 is 2.74. The zero-order chi connectivity index (χ0) is 17.1. The highest BCUT2D eigenvalue weighted by Crippen LogP contribution is 2.19. The summed E-state index contributed by atoms with van der Waals surface area (Å²) in [7, 11) is 5.05. The van der Waals surface area contributed by atoms with Gasteiger partial charge in [-0.05, 0) is 77.0 Å². The maximum absolute atomic E-state index is 2.53. The van der Waals surface area contributed by atoms with Crippen LogP contribution in [-0.4, -0.2) is 62.3 Å². The first kappa shape index (κ1) is 23.4. The molecule has 0 aromatic carbocycles. The topological polar surface area (TPSA) is 0 Å². The number of nitrogens with zero attached hydrogens (tertiary/aromatic N) is 2. The van der Waals surface area contributed by atoms with Crippen LogP contribution in [0.5, 0.6) is 0 Å². The Morgan fingerprint density at radius 2 is 0.720 bits per heavy atom. The summed E-state index contributed by atoms with van der Waals surface area (Å²) in [5.41, 5.74) is 0. The molecule has 0 saturated carbocycles. The van der Waals surface area contributed by atoms with Crippen LogP contribution in [0.3, 0.4) is 0 Å². The second-order valence-corrected chi connectivity index (χ2v) is 9.53. The molecule has 2 nitrogen and oxygen atoms in total. The third kappa shape index (κ3) is 9.77. The first-order chi connectivity index (χ1) is 11.6. The van der Waals surface area contributed by atoms with Crippen molar-refractivity contribution >= 4 is 0 Å². The summed E-state index contributed by atoms with van der Waals surface area (Å²) in [6.45, 7) is 8.63. The van der Waals surface area contributed by atoms with Gasteiger partial charge in [0.05, 0.1) is 53.4 Å². The van der Waals surface area contributed by atoms with E-state index in [-0.39, 0.29) is 17.0 Å². The van der Waals surface area contributed by atoms with Gasteiger partial charge in [0.25, 0.3) is 0 Å². The molecule has 0 N–H and O–H groups in total. The van der Waals surface area contributed by atoms with Gasteiger partial charge in [0.15, 0.2) is 0 Å². The molecule has 0 bridgehead atoms. The summed E-state index contributed by atoms with van der Waals surface area (Å²) in [4.78, 5) is 0. The summed E-state index contributed by atoms with van der Waals surface area (Å²) in [5, 5.41) is 0. The van der Waals surface area contributed by atoms with Gasteiger partial charge in [0, 0.05) is 0 Å². The third-order valence-electron chi connectivity index (χ3n) is 6.94. The van der Waals surface area contributed by atoms with E-state index in [0.717, 1.165) is 0 Å². The first-order valence-electron chi connectivity index (χ1n) is 11.3. The van der Waals surface area contributed by atoms with Crippen molar-refractivity contribution in [2.75, 3.05) is 53.4 Å². The smallest absolute Gasteiger partial charge is 0.0784 e. The molecule has 2 saturated heterocycles. The molecule has 2 rings (SSSR count). The van der Waals surface area contributed by atoms with Gasteiger partial charge < -0.3 is 25.9 Å². The van der Waals surface area contributed by atoms with Crippen LogP contribution in [0.1, 0.15) is 89.9 Å². The average molecular weight is 419 g/mol. The Morgan fingerprint density at radius 1 is 0.440 bits per heavy atom.